The molecule has 1 N–H and O–H groups in total. The Morgan fingerprint density at radius 3 is 2.57 bits per heavy atom. The molecule has 0 aliphatic rings. The highest BCUT2D eigenvalue weighted by Gasteiger charge is 2.30. The van der Waals surface area contributed by atoms with Gasteiger partial charge in [-0.2, -0.15) is 13.2 Å². The van der Waals surface area contributed by atoms with Crippen LogP contribution in [0.2, 0.25) is 0 Å². The summed E-state index contributed by atoms with van der Waals surface area (Å²) in [6.45, 7) is 0. The third kappa shape index (κ3) is 2.70. The molecule has 0 aromatic heterocycles. The van der Waals surface area contributed by atoms with Crippen molar-refractivity contribution in [1.82, 2.24) is 0 Å². The van der Waals surface area contributed by atoms with Gasteiger partial charge in [-0.15, -0.1) is 0 Å². The Bertz CT molecular complexity index is 371. The molecule has 0 radical (unpaired) electrons. The van der Waals surface area contributed by atoms with Crippen molar-refractivity contribution < 1.29 is 18.3 Å². The maximum absolute atomic E-state index is 12.2. The minimum atomic E-state index is -4.33. The molecule has 0 atom stereocenters. The van der Waals surface area contributed by atoms with E-state index in [1.54, 1.807) is 6.11 Å². The molecular formula is C10H7F3O. The minimum Gasteiger partial charge on any atom is -0.462 e. The summed E-state index contributed by atoms with van der Waals surface area (Å²) in [5, 5.41) is 8.17. The van der Waals surface area contributed by atoms with Crippen molar-refractivity contribution in [2.75, 3.05) is 0 Å². The Labute approximate surface area is 79.2 Å². The van der Waals surface area contributed by atoms with Gasteiger partial charge in [-0.3, -0.25) is 0 Å². The molecule has 1 rings (SSSR count). The second-order valence-electron chi connectivity index (χ2n) is 2.66. The van der Waals surface area contributed by atoms with Crippen LogP contribution in [0, 0.1) is 12.0 Å². The molecule has 0 saturated heterocycles. The molecule has 0 fully saturated rings. The van der Waals surface area contributed by atoms with E-state index in [0.717, 1.165) is 12.1 Å². The summed E-state index contributed by atoms with van der Waals surface area (Å²) in [6, 6.07) is 4.86. The maximum atomic E-state index is 12.2. The van der Waals surface area contributed by atoms with Crippen LogP contribution in [0.25, 0.3) is 0 Å². The van der Waals surface area contributed by atoms with E-state index < -0.39 is 11.7 Å². The van der Waals surface area contributed by atoms with Gasteiger partial charge < -0.3 is 5.11 Å². The van der Waals surface area contributed by atoms with Crippen molar-refractivity contribution in [3.05, 3.63) is 35.4 Å². The fraction of sp³-hybridized carbons (Fsp3) is 0.200. The smallest absolute Gasteiger partial charge is 0.416 e. The summed E-state index contributed by atoms with van der Waals surface area (Å²) in [5.74, 6) is 2.28. The lowest BCUT2D eigenvalue weighted by Gasteiger charge is -2.06. The molecule has 0 amide bonds. The zero-order valence-corrected chi connectivity index (χ0v) is 7.10. The number of alkyl halides is 3. The standard InChI is InChI=1S/C10H7F3O/c11-10(12,13)9-5-1-3-8(7-9)4-2-6-14/h1,3,5,7,14H,4H2. The van der Waals surface area contributed by atoms with E-state index in [1.807, 2.05) is 0 Å². The topological polar surface area (TPSA) is 20.2 Å². The van der Waals surface area contributed by atoms with E-state index in [9.17, 15) is 13.2 Å². The zero-order valence-electron chi connectivity index (χ0n) is 7.10. The van der Waals surface area contributed by atoms with Gasteiger partial charge in [0.15, 0.2) is 0 Å². The fourth-order valence-electron chi connectivity index (χ4n) is 0.999. The van der Waals surface area contributed by atoms with Gasteiger partial charge in [0.05, 0.1) is 5.56 Å². The molecule has 14 heavy (non-hydrogen) atoms. The summed E-state index contributed by atoms with van der Waals surface area (Å²) in [4.78, 5) is 0. The largest absolute Gasteiger partial charge is 0.462 e. The van der Waals surface area contributed by atoms with Gasteiger partial charge in [0.25, 0.3) is 0 Å². The van der Waals surface area contributed by atoms with Gasteiger partial charge in [-0.25, -0.2) is 0 Å². The quantitative estimate of drug-likeness (QED) is 0.691. The van der Waals surface area contributed by atoms with Crippen LogP contribution in [0.5, 0.6) is 0 Å². The van der Waals surface area contributed by atoms with Crippen molar-refractivity contribution in [3.8, 4) is 12.0 Å². The molecule has 1 nitrogen and oxygen atoms in total. The monoisotopic (exact) mass is 200 g/mol. The summed E-state index contributed by atoms with van der Waals surface area (Å²) < 4.78 is 36.6. The first-order valence-corrected chi connectivity index (χ1v) is 3.82. The SMILES string of the molecule is OC#CCc1cccc(C(F)(F)F)c1. The van der Waals surface area contributed by atoms with Crippen LogP contribution < -0.4 is 0 Å². The summed E-state index contributed by atoms with van der Waals surface area (Å²) in [7, 11) is 0. The third-order valence-corrected chi connectivity index (χ3v) is 1.63. The van der Waals surface area contributed by atoms with Crippen LogP contribution >= 0.6 is 0 Å². The van der Waals surface area contributed by atoms with E-state index in [4.69, 9.17) is 5.11 Å². The van der Waals surface area contributed by atoms with Crippen molar-refractivity contribution in [2.24, 2.45) is 0 Å². The average molecular weight is 200 g/mol. The lowest BCUT2D eigenvalue weighted by Crippen LogP contribution is -2.04. The number of rotatable bonds is 1. The van der Waals surface area contributed by atoms with E-state index >= 15 is 0 Å². The highest BCUT2D eigenvalue weighted by molar-refractivity contribution is 5.28. The van der Waals surface area contributed by atoms with E-state index in [0.29, 0.717) is 5.56 Å². The summed E-state index contributed by atoms with van der Waals surface area (Å²) in [5.41, 5.74) is -0.267. The van der Waals surface area contributed by atoms with Gasteiger partial charge in [0, 0.05) is 6.42 Å². The van der Waals surface area contributed by atoms with Crippen LogP contribution in [0.15, 0.2) is 24.3 Å². The molecule has 1 aromatic carbocycles. The predicted molar refractivity (Wildman–Crippen MR) is 44.9 cm³/mol. The normalized spacial score (nSPS) is 10.5. The van der Waals surface area contributed by atoms with E-state index in [2.05, 4.69) is 5.92 Å². The Hall–Kier alpha value is -1.63. The van der Waals surface area contributed by atoms with Crippen LogP contribution in [0.4, 0.5) is 13.2 Å². The highest BCUT2D eigenvalue weighted by Crippen LogP contribution is 2.29. The maximum Gasteiger partial charge on any atom is 0.416 e. The molecule has 0 bridgehead atoms. The van der Waals surface area contributed by atoms with Crippen LogP contribution in [0.1, 0.15) is 11.1 Å². The number of hydrogen-bond donors (Lipinski definition) is 1. The second kappa shape index (κ2) is 4.05. The third-order valence-electron chi connectivity index (χ3n) is 1.63. The molecule has 1 aromatic rings. The minimum absolute atomic E-state index is 0.112. The van der Waals surface area contributed by atoms with E-state index in [-0.39, 0.29) is 6.42 Å². The van der Waals surface area contributed by atoms with Gasteiger partial charge in [-0.1, -0.05) is 24.1 Å². The number of aliphatic hydroxyl groups excluding tert-OH is 1. The lowest BCUT2D eigenvalue weighted by atomic mass is 10.1. The molecule has 0 saturated carbocycles. The molecule has 0 unspecified atom stereocenters. The number of halogens is 3. The van der Waals surface area contributed by atoms with E-state index in [1.165, 1.54) is 12.1 Å². The average Bonchev–Trinajstić information content (AvgIpc) is 2.14. The summed E-state index contributed by atoms with van der Waals surface area (Å²) in [6.07, 6.45) is -2.58. The molecule has 0 heterocycles. The van der Waals surface area contributed by atoms with Gasteiger partial charge in [0.1, 0.15) is 6.11 Å². The first-order valence-electron chi connectivity index (χ1n) is 3.82. The van der Waals surface area contributed by atoms with Gasteiger partial charge in [-0.05, 0) is 11.6 Å². The zero-order chi connectivity index (χ0) is 10.6. The number of aliphatic hydroxyl groups is 1. The van der Waals surface area contributed by atoms with Crippen molar-refractivity contribution in [2.45, 2.75) is 12.6 Å². The Balaban J connectivity index is 2.93. The molecule has 0 aliphatic carbocycles. The van der Waals surface area contributed by atoms with Crippen molar-refractivity contribution in [1.29, 1.82) is 0 Å². The Morgan fingerprint density at radius 2 is 2.00 bits per heavy atom. The first-order chi connectivity index (χ1) is 6.54. The van der Waals surface area contributed by atoms with Crippen molar-refractivity contribution >= 4 is 0 Å². The van der Waals surface area contributed by atoms with Crippen LogP contribution in [0.3, 0.4) is 0 Å². The molecular weight excluding hydrogens is 193 g/mol. The molecule has 0 aliphatic heterocycles. The summed E-state index contributed by atoms with van der Waals surface area (Å²) >= 11 is 0. The Kier molecular flexibility index (Phi) is 3.03. The number of hydrogen-bond acceptors (Lipinski definition) is 1. The van der Waals surface area contributed by atoms with Crippen molar-refractivity contribution in [3.63, 3.8) is 0 Å². The molecule has 4 heteroatoms. The van der Waals surface area contributed by atoms with Crippen LogP contribution in [-0.4, -0.2) is 5.11 Å². The molecule has 0 spiro atoms. The van der Waals surface area contributed by atoms with Crippen LogP contribution in [-0.2, 0) is 12.6 Å². The fourth-order valence-corrected chi connectivity index (χ4v) is 0.999. The lowest BCUT2D eigenvalue weighted by molar-refractivity contribution is -0.137. The highest BCUT2D eigenvalue weighted by atomic mass is 19.4. The molecule has 74 valence electrons. The Morgan fingerprint density at radius 1 is 1.29 bits per heavy atom. The van der Waals surface area contributed by atoms with Gasteiger partial charge in [0.2, 0.25) is 0 Å². The predicted octanol–water partition coefficient (Wildman–Crippen LogP) is 2.58. The second-order valence-corrected chi connectivity index (χ2v) is 2.66. The number of benzene rings is 1. The van der Waals surface area contributed by atoms with Gasteiger partial charge >= 0.3 is 6.18 Å². The first kappa shape index (κ1) is 10.5.